The molecule has 0 saturated carbocycles. The van der Waals surface area contributed by atoms with Crippen LogP contribution in [0.3, 0.4) is 0 Å². The van der Waals surface area contributed by atoms with Gasteiger partial charge in [0.15, 0.2) is 0 Å². The highest BCUT2D eigenvalue weighted by Gasteiger charge is 2.18. The Morgan fingerprint density at radius 2 is 1.02 bits per heavy atom. The van der Waals surface area contributed by atoms with Gasteiger partial charge in [0.05, 0.1) is 0 Å². The molecular formula is C39H28O. The van der Waals surface area contributed by atoms with Crippen molar-refractivity contribution in [2.75, 3.05) is 0 Å². The van der Waals surface area contributed by atoms with E-state index < -0.39 is 0 Å². The molecule has 1 nitrogen and oxygen atoms in total. The number of rotatable bonds is 5. The van der Waals surface area contributed by atoms with Gasteiger partial charge in [-0.1, -0.05) is 128 Å². The second-order valence-electron chi connectivity index (χ2n) is 10.1. The van der Waals surface area contributed by atoms with E-state index in [1.54, 1.807) is 0 Å². The molecule has 1 aromatic heterocycles. The molecule has 40 heavy (non-hydrogen) atoms. The summed E-state index contributed by atoms with van der Waals surface area (Å²) in [7, 11) is 0. The van der Waals surface area contributed by atoms with Gasteiger partial charge >= 0.3 is 0 Å². The molecule has 1 heterocycles. The molecule has 0 fully saturated rings. The number of hydrogen-bond acceptors (Lipinski definition) is 1. The Morgan fingerprint density at radius 1 is 0.525 bits per heavy atom. The van der Waals surface area contributed by atoms with Gasteiger partial charge in [-0.05, 0) is 80.1 Å². The van der Waals surface area contributed by atoms with E-state index in [9.17, 15) is 0 Å². The van der Waals surface area contributed by atoms with E-state index >= 15 is 0 Å². The molecule has 0 saturated heterocycles. The van der Waals surface area contributed by atoms with Crippen LogP contribution in [0.25, 0.3) is 78.0 Å². The minimum Gasteiger partial charge on any atom is -0.456 e. The van der Waals surface area contributed by atoms with Crippen molar-refractivity contribution in [2.24, 2.45) is 0 Å². The summed E-state index contributed by atoms with van der Waals surface area (Å²) in [6.07, 6.45) is 5.89. The number of hydrogen-bond donors (Lipinski definition) is 0. The Labute approximate surface area is 234 Å². The summed E-state index contributed by atoms with van der Waals surface area (Å²) >= 11 is 0. The van der Waals surface area contributed by atoms with Crippen LogP contribution in [0.2, 0.25) is 0 Å². The minimum absolute atomic E-state index is 0.841. The fourth-order valence-corrected chi connectivity index (χ4v) is 5.99. The van der Waals surface area contributed by atoms with E-state index in [1.165, 1.54) is 54.9 Å². The Kier molecular flexibility index (Phi) is 5.91. The first kappa shape index (κ1) is 23.9. The first-order valence-corrected chi connectivity index (χ1v) is 13.7. The molecule has 0 spiro atoms. The maximum Gasteiger partial charge on any atom is 0.135 e. The lowest BCUT2D eigenvalue weighted by Gasteiger charge is -2.18. The third-order valence-corrected chi connectivity index (χ3v) is 7.78. The van der Waals surface area contributed by atoms with Gasteiger partial charge in [-0.15, -0.1) is 0 Å². The van der Waals surface area contributed by atoms with Gasteiger partial charge in [0.1, 0.15) is 11.3 Å². The van der Waals surface area contributed by atoms with E-state index in [-0.39, 0.29) is 0 Å². The highest BCUT2D eigenvalue weighted by atomic mass is 16.3. The Bertz CT molecular complexity index is 2000. The van der Waals surface area contributed by atoms with E-state index in [4.69, 9.17) is 4.42 Å². The van der Waals surface area contributed by atoms with Crippen molar-refractivity contribution in [1.82, 2.24) is 0 Å². The molecule has 0 unspecified atom stereocenters. The van der Waals surface area contributed by atoms with Crippen molar-refractivity contribution in [3.63, 3.8) is 0 Å². The van der Waals surface area contributed by atoms with Crippen LogP contribution >= 0.6 is 0 Å². The highest BCUT2D eigenvalue weighted by molar-refractivity contribution is 6.21. The molecule has 0 N–H and O–H groups in total. The van der Waals surface area contributed by atoms with E-state index in [1.807, 2.05) is 25.2 Å². The molecule has 0 aliphatic carbocycles. The lowest BCUT2D eigenvalue weighted by atomic mass is 9.85. The maximum atomic E-state index is 6.16. The van der Waals surface area contributed by atoms with Gasteiger partial charge in [-0.25, -0.2) is 0 Å². The molecular weight excluding hydrogens is 484 g/mol. The van der Waals surface area contributed by atoms with Crippen LogP contribution < -0.4 is 0 Å². The number of furan rings is 1. The van der Waals surface area contributed by atoms with Gasteiger partial charge in [0.2, 0.25) is 0 Å². The standard InChI is InChI=1S/C39H28O/c1-3-12-36-30(4-2)35-25-29(23-24-37(35)40-36)39-33-17-10-8-15-31(33)38(32-16-9-11-18-34(32)39)28-21-19-27(20-22-28)26-13-6-5-7-14-26/h3-25H,2H2,1H3/b12-3-. The van der Waals surface area contributed by atoms with Crippen LogP contribution in [0.4, 0.5) is 0 Å². The molecule has 7 rings (SSSR count). The van der Waals surface area contributed by atoms with Crippen LogP contribution in [0, 0.1) is 0 Å². The van der Waals surface area contributed by atoms with Crippen molar-refractivity contribution in [3.05, 3.63) is 145 Å². The van der Waals surface area contributed by atoms with Crippen molar-refractivity contribution in [2.45, 2.75) is 6.92 Å². The van der Waals surface area contributed by atoms with Crippen molar-refractivity contribution in [3.8, 4) is 33.4 Å². The smallest absolute Gasteiger partial charge is 0.135 e. The number of fused-ring (bicyclic) bond motifs is 3. The summed E-state index contributed by atoms with van der Waals surface area (Å²) in [5.74, 6) is 0.841. The lowest BCUT2D eigenvalue weighted by molar-refractivity contribution is 0.603. The molecule has 190 valence electrons. The average molecular weight is 513 g/mol. The predicted octanol–water partition coefficient (Wildman–Crippen LogP) is 11.4. The monoisotopic (exact) mass is 512 g/mol. The van der Waals surface area contributed by atoms with Crippen LogP contribution in [0.5, 0.6) is 0 Å². The summed E-state index contributed by atoms with van der Waals surface area (Å²) in [6.45, 7) is 6.08. The zero-order valence-electron chi connectivity index (χ0n) is 22.4. The number of benzene rings is 6. The quantitative estimate of drug-likeness (QED) is 0.209. The van der Waals surface area contributed by atoms with Crippen LogP contribution in [0.15, 0.2) is 138 Å². The molecule has 0 bridgehead atoms. The zero-order valence-corrected chi connectivity index (χ0v) is 22.4. The Morgan fingerprint density at radius 3 is 1.60 bits per heavy atom. The van der Waals surface area contributed by atoms with Crippen molar-refractivity contribution < 1.29 is 4.42 Å². The first-order valence-electron chi connectivity index (χ1n) is 13.7. The molecule has 1 heteroatoms. The van der Waals surface area contributed by atoms with E-state index in [2.05, 4.69) is 128 Å². The normalized spacial score (nSPS) is 11.6. The van der Waals surface area contributed by atoms with Crippen LogP contribution in [0.1, 0.15) is 18.2 Å². The fraction of sp³-hybridized carbons (Fsp3) is 0.0256. The number of allylic oxidation sites excluding steroid dienone is 1. The molecule has 0 radical (unpaired) electrons. The Balaban J connectivity index is 1.49. The maximum absolute atomic E-state index is 6.16. The minimum atomic E-state index is 0.841. The largest absolute Gasteiger partial charge is 0.456 e. The van der Waals surface area contributed by atoms with E-state index in [0.29, 0.717) is 0 Å². The SMILES string of the molecule is C=Cc1c(/C=C\C)oc2ccc(-c3c4ccccc4c(-c4ccc(-c5ccccc5)cc4)c4ccccc34)cc12. The third-order valence-electron chi connectivity index (χ3n) is 7.78. The topological polar surface area (TPSA) is 13.1 Å². The average Bonchev–Trinajstić information content (AvgIpc) is 3.36. The first-order chi connectivity index (χ1) is 19.8. The fourth-order valence-electron chi connectivity index (χ4n) is 5.99. The third kappa shape index (κ3) is 3.87. The van der Waals surface area contributed by atoms with E-state index in [0.717, 1.165) is 22.3 Å². The summed E-state index contributed by atoms with van der Waals surface area (Å²) in [5, 5.41) is 6.04. The second kappa shape index (κ2) is 9.87. The van der Waals surface area contributed by atoms with Gasteiger partial charge in [0, 0.05) is 10.9 Å². The molecule has 0 aliphatic heterocycles. The summed E-state index contributed by atoms with van der Waals surface area (Å²) < 4.78 is 6.16. The predicted molar refractivity (Wildman–Crippen MR) is 172 cm³/mol. The summed E-state index contributed by atoms with van der Waals surface area (Å²) in [4.78, 5) is 0. The van der Waals surface area contributed by atoms with Gasteiger partial charge in [0.25, 0.3) is 0 Å². The second-order valence-corrected chi connectivity index (χ2v) is 10.1. The van der Waals surface area contributed by atoms with Crippen molar-refractivity contribution >= 4 is 44.7 Å². The van der Waals surface area contributed by atoms with Crippen LogP contribution in [-0.2, 0) is 0 Å². The lowest BCUT2D eigenvalue weighted by Crippen LogP contribution is -1.91. The van der Waals surface area contributed by atoms with Crippen LogP contribution in [-0.4, -0.2) is 0 Å². The van der Waals surface area contributed by atoms with Gasteiger partial charge < -0.3 is 4.42 Å². The van der Waals surface area contributed by atoms with Gasteiger partial charge in [-0.2, -0.15) is 0 Å². The molecule has 6 aromatic carbocycles. The van der Waals surface area contributed by atoms with Gasteiger partial charge in [-0.3, -0.25) is 0 Å². The molecule has 0 atom stereocenters. The summed E-state index contributed by atoms with van der Waals surface area (Å²) in [5.41, 5.74) is 9.23. The zero-order chi connectivity index (χ0) is 27.1. The molecule has 0 amide bonds. The molecule has 7 aromatic rings. The highest BCUT2D eigenvalue weighted by Crippen LogP contribution is 2.44. The van der Waals surface area contributed by atoms with Crippen molar-refractivity contribution in [1.29, 1.82) is 0 Å². The molecule has 0 aliphatic rings. The Hall–Kier alpha value is -5.14. The summed E-state index contributed by atoms with van der Waals surface area (Å²) in [6, 6.07) is 43.6.